The number of carbonyl (C=O) groups is 3. The highest BCUT2D eigenvalue weighted by molar-refractivity contribution is 5.99. The molecule has 4 amide bonds. The summed E-state index contributed by atoms with van der Waals surface area (Å²) in [6, 6.07) is 29.4. The number of nitrogens with one attached hydrogen (secondary N) is 4. The molecule has 0 bridgehead atoms. The van der Waals surface area contributed by atoms with Gasteiger partial charge >= 0.3 is 18.0 Å². The number of methoxy groups -OCH3 is 1. The highest BCUT2D eigenvalue weighted by Crippen LogP contribution is 2.33. The normalized spacial score (nSPS) is 10.6. The van der Waals surface area contributed by atoms with Gasteiger partial charge in [0, 0.05) is 47.7 Å². The van der Waals surface area contributed by atoms with E-state index in [1.807, 2.05) is 0 Å². The highest BCUT2D eigenvalue weighted by Gasteiger charge is 2.17. The van der Waals surface area contributed by atoms with Crippen LogP contribution in [0.25, 0.3) is 22.2 Å². The van der Waals surface area contributed by atoms with E-state index in [2.05, 4.69) is 36.1 Å². The third kappa shape index (κ3) is 10.7. The highest BCUT2D eigenvalue weighted by atomic mass is 19.1. The fourth-order valence-corrected chi connectivity index (χ4v) is 5.40. The first kappa shape index (κ1) is 40.7. The number of ether oxygens (including phenoxy) is 3. The van der Waals surface area contributed by atoms with E-state index in [0.29, 0.717) is 68.1 Å². The van der Waals surface area contributed by atoms with Crippen LogP contribution in [0, 0.1) is 11.6 Å². The molecule has 18 heteroatoms. The second kappa shape index (κ2) is 18.8. The Bertz CT molecular complexity index is 2780. The van der Waals surface area contributed by atoms with Gasteiger partial charge < -0.3 is 48.9 Å². The Kier molecular flexibility index (Phi) is 12.6. The lowest BCUT2D eigenvalue weighted by Crippen LogP contribution is -2.31. The summed E-state index contributed by atoms with van der Waals surface area (Å²) in [5, 5.41) is 18.2. The van der Waals surface area contributed by atoms with Gasteiger partial charge in [0.1, 0.15) is 47.0 Å². The number of nitrogens with zero attached hydrogens (tertiary/aromatic N) is 2. The molecule has 0 aliphatic carbocycles. The number of pyridine rings is 2. The molecule has 0 fully saturated rings. The molecule has 16 nitrogen and oxygen atoms in total. The fourth-order valence-electron chi connectivity index (χ4n) is 5.40. The predicted octanol–water partition coefficient (Wildman–Crippen LogP) is 9.56. The maximum absolute atomic E-state index is 12.9. The summed E-state index contributed by atoms with van der Waals surface area (Å²) in [4.78, 5) is 48.9. The first-order valence-corrected chi connectivity index (χ1v) is 18.0. The van der Waals surface area contributed by atoms with Crippen molar-refractivity contribution in [1.29, 1.82) is 0 Å². The maximum atomic E-state index is 12.9. The number of fused-ring (bicyclic) bond motifs is 2. The van der Waals surface area contributed by atoms with Crippen molar-refractivity contribution >= 4 is 57.3 Å². The van der Waals surface area contributed by atoms with E-state index in [0.717, 1.165) is 0 Å². The van der Waals surface area contributed by atoms with Crippen molar-refractivity contribution in [3.8, 4) is 28.7 Å². The first-order chi connectivity index (χ1) is 29.6. The summed E-state index contributed by atoms with van der Waals surface area (Å²) in [7, 11) is 1.26. The van der Waals surface area contributed by atoms with Crippen LogP contribution < -0.4 is 35.7 Å². The minimum absolute atomic E-state index is 0.0211. The van der Waals surface area contributed by atoms with E-state index in [1.54, 1.807) is 72.9 Å². The Hall–Kier alpha value is -8.51. The topological polar surface area (TPSA) is 209 Å². The Morgan fingerprint density at radius 2 is 1.07 bits per heavy atom. The lowest BCUT2D eigenvalue weighted by atomic mass is 10.2. The Morgan fingerprint density at radius 3 is 1.59 bits per heavy atom. The number of benzene rings is 4. The number of aromatic nitrogens is 2. The second-order valence-electron chi connectivity index (χ2n) is 12.5. The molecule has 8 aromatic rings. The summed E-state index contributed by atoms with van der Waals surface area (Å²) in [5.41, 5.74) is 4.32. The standard InChI is InChI=1S/C22H16FN3O5.C21H16FN3O5/c1-29-21(27)19-12-17-18(10-11-24-20(17)31-19)30-16-8-6-15(7-9-16)26-22(28)25-14-4-2-13(23)3-5-14;22-13-1-5-16(6-2-13)30-25-21(27)24-14-3-7-15(8-4-14)28-19-9-10-23-20-18(19)11-17(12-26)29-20/h2-12H,1H3,(H2,25,26,28);1-11,26H,12H2,(H2,24,25,27). The molecule has 5 N–H and O–H groups in total. The van der Waals surface area contributed by atoms with Gasteiger partial charge in [0.05, 0.1) is 17.9 Å². The summed E-state index contributed by atoms with van der Waals surface area (Å²) in [6.07, 6.45) is 3.04. The zero-order chi connectivity index (χ0) is 42.7. The van der Waals surface area contributed by atoms with Gasteiger partial charge in [-0.3, -0.25) is 0 Å². The number of halogens is 2. The number of anilines is 3. The van der Waals surface area contributed by atoms with Crippen LogP contribution in [0.2, 0.25) is 0 Å². The molecule has 308 valence electrons. The van der Waals surface area contributed by atoms with E-state index >= 15 is 0 Å². The Labute approximate surface area is 343 Å². The monoisotopic (exact) mass is 830 g/mol. The SMILES string of the molecule is COC(=O)c1cc2c(Oc3ccc(NC(=O)Nc4ccc(F)cc4)cc3)ccnc2o1.O=C(NOc1ccc(F)cc1)Nc1ccc(Oc2ccnc3oc(CO)cc23)cc1. The molecule has 61 heavy (non-hydrogen) atoms. The maximum Gasteiger partial charge on any atom is 0.374 e. The molecule has 0 radical (unpaired) electrons. The van der Waals surface area contributed by atoms with E-state index in [-0.39, 0.29) is 23.9 Å². The zero-order valence-corrected chi connectivity index (χ0v) is 31.7. The number of furan rings is 2. The van der Waals surface area contributed by atoms with Crippen molar-refractivity contribution in [3.63, 3.8) is 0 Å². The minimum Gasteiger partial charge on any atom is -0.463 e. The molecule has 0 atom stereocenters. The van der Waals surface area contributed by atoms with Gasteiger partial charge in [-0.1, -0.05) is 0 Å². The van der Waals surface area contributed by atoms with E-state index < -0.39 is 23.8 Å². The Morgan fingerprint density at radius 1 is 0.607 bits per heavy atom. The number of aliphatic hydroxyl groups is 1. The van der Waals surface area contributed by atoms with Crippen molar-refractivity contribution in [3.05, 3.63) is 157 Å². The van der Waals surface area contributed by atoms with Crippen LogP contribution in [0.15, 0.2) is 143 Å². The number of esters is 1. The number of hydrogen-bond acceptors (Lipinski definition) is 12. The first-order valence-electron chi connectivity index (χ1n) is 18.0. The molecule has 4 aromatic heterocycles. The molecular formula is C43H32F2N6O10. The van der Waals surface area contributed by atoms with Crippen LogP contribution in [-0.4, -0.2) is 40.2 Å². The summed E-state index contributed by atoms with van der Waals surface area (Å²) in [6.45, 7) is -0.233. The molecule has 4 heterocycles. The van der Waals surface area contributed by atoms with Crippen molar-refractivity contribution in [2.24, 2.45) is 0 Å². The van der Waals surface area contributed by atoms with Gasteiger partial charge in [-0.15, -0.1) is 0 Å². The summed E-state index contributed by atoms with van der Waals surface area (Å²) in [5.74, 6) is 1.30. The predicted molar refractivity (Wildman–Crippen MR) is 217 cm³/mol. The number of hydroxylamine groups is 1. The average Bonchev–Trinajstić information content (AvgIpc) is 3.92. The quantitative estimate of drug-likeness (QED) is 0.0610. The van der Waals surface area contributed by atoms with Crippen molar-refractivity contribution in [1.82, 2.24) is 15.4 Å². The number of carbonyl (C=O) groups excluding carboxylic acids is 3. The van der Waals surface area contributed by atoms with Crippen LogP contribution >= 0.6 is 0 Å². The molecule has 0 saturated carbocycles. The number of aliphatic hydroxyl groups excluding tert-OH is 1. The number of urea groups is 2. The van der Waals surface area contributed by atoms with Crippen LogP contribution in [0.3, 0.4) is 0 Å². The summed E-state index contributed by atoms with van der Waals surface area (Å²) >= 11 is 0. The largest absolute Gasteiger partial charge is 0.463 e. The summed E-state index contributed by atoms with van der Waals surface area (Å²) < 4.78 is 52.9. The molecule has 0 unspecified atom stereocenters. The molecule has 8 rings (SSSR count). The van der Waals surface area contributed by atoms with Crippen molar-refractivity contribution in [2.45, 2.75) is 6.61 Å². The average molecular weight is 831 g/mol. The van der Waals surface area contributed by atoms with Gasteiger partial charge in [-0.05, 0) is 103 Å². The second-order valence-corrected chi connectivity index (χ2v) is 12.5. The number of amides is 4. The number of hydrogen-bond donors (Lipinski definition) is 5. The molecule has 0 saturated heterocycles. The van der Waals surface area contributed by atoms with E-state index in [9.17, 15) is 28.3 Å². The molecule has 0 spiro atoms. The van der Waals surface area contributed by atoms with Gasteiger partial charge in [-0.25, -0.2) is 33.1 Å². The molecule has 0 aliphatic heterocycles. The third-order valence-electron chi connectivity index (χ3n) is 8.24. The van der Waals surface area contributed by atoms with Crippen LogP contribution in [0.1, 0.15) is 16.3 Å². The lowest BCUT2D eigenvalue weighted by molar-refractivity contribution is 0.0567. The molecular weight excluding hydrogens is 799 g/mol. The van der Waals surface area contributed by atoms with E-state index in [4.69, 9.17) is 23.1 Å². The number of rotatable bonds is 11. The third-order valence-corrected chi connectivity index (χ3v) is 8.24. The minimum atomic E-state index is -0.613. The van der Waals surface area contributed by atoms with Gasteiger partial charge in [0.2, 0.25) is 17.2 Å². The van der Waals surface area contributed by atoms with Crippen LogP contribution in [0.5, 0.6) is 28.7 Å². The molecule has 0 aliphatic rings. The van der Waals surface area contributed by atoms with Gasteiger partial charge in [0.15, 0.2) is 5.75 Å². The fraction of sp³-hybridized carbons (Fsp3) is 0.0465. The van der Waals surface area contributed by atoms with Crippen molar-refractivity contribution < 1.29 is 56.2 Å². The van der Waals surface area contributed by atoms with Gasteiger partial charge in [0.25, 0.3) is 0 Å². The molecule has 4 aromatic carbocycles. The van der Waals surface area contributed by atoms with Crippen LogP contribution in [-0.2, 0) is 11.3 Å². The van der Waals surface area contributed by atoms with E-state index in [1.165, 1.54) is 67.9 Å². The van der Waals surface area contributed by atoms with Crippen LogP contribution in [0.4, 0.5) is 35.4 Å². The smallest absolute Gasteiger partial charge is 0.374 e. The van der Waals surface area contributed by atoms with Crippen molar-refractivity contribution in [2.75, 3.05) is 23.1 Å². The lowest BCUT2D eigenvalue weighted by Gasteiger charge is -2.10. The Balaban J connectivity index is 0.000000184. The van der Waals surface area contributed by atoms with Gasteiger partial charge in [-0.2, -0.15) is 5.48 Å². The zero-order valence-electron chi connectivity index (χ0n) is 31.7.